The van der Waals surface area contributed by atoms with E-state index >= 15 is 0 Å². The number of aromatic amines is 1. The maximum absolute atomic E-state index is 12.5. The van der Waals surface area contributed by atoms with Crippen molar-refractivity contribution in [2.24, 2.45) is 0 Å². The molecule has 0 atom stereocenters. The number of H-pyrrole nitrogens is 1. The Hall–Kier alpha value is -2.11. The van der Waals surface area contributed by atoms with Crippen molar-refractivity contribution in [3.05, 3.63) is 58.0 Å². The smallest absolute Gasteiger partial charge is 0.276 e. The van der Waals surface area contributed by atoms with Gasteiger partial charge < -0.3 is 5.32 Å². The molecule has 0 spiro atoms. The van der Waals surface area contributed by atoms with Crippen LogP contribution in [0.2, 0.25) is 0 Å². The lowest BCUT2D eigenvalue weighted by Crippen LogP contribution is -2.32. The highest BCUT2D eigenvalue weighted by atomic mass is 35.5. The first-order valence-corrected chi connectivity index (χ1v) is 6.72. The summed E-state index contributed by atoms with van der Waals surface area (Å²) in [7, 11) is 0. The molecule has 108 valence electrons. The molecule has 21 heavy (non-hydrogen) atoms. The van der Waals surface area contributed by atoms with Gasteiger partial charge in [-0.2, -0.15) is 0 Å². The Labute approximate surface area is 127 Å². The lowest BCUT2D eigenvalue weighted by Gasteiger charge is -2.14. The van der Waals surface area contributed by atoms with Crippen molar-refractivity contribution in [3.8, 4) is 11.3 Å². The highest BCUT2D eigenvalue weighted by molar-refractivity contribution is 5.85. The summed E-state index contributed by atoms with van der Waals surface area (Å²) in [5.74, 6) is 0. The van der Waals surface area contributed by atoms with Gasteiger partial charge in [0.05, 0.1) is 11.4 Å². The predicted octanol–water partition coefficient (Wildman–Crippen LogP) is 1.76. The Morgan fingerprint density at radius 1 is 1.19 bits per heavy atom. The second-order valence-corrected chi connectivity index (χ2v) is 5.00. The Morgan fingerprint density at radius 2 is 2.00 bits per heavy atom. The van der Waals surface area contributed by atoms with Crippen molar-refractivity contribution >= 4 is 18.1 Å². The van der Waals surface area contributed by atoms with Gasteiger partial charge in [0.2, 0.25) is 0 Å². The summed E-state index contributed by atoms with van der Waals surface area (Å²) < 4.78 is 1.55. The fourth-order valence-corrected chi connectivity index (χ4v) is 2.69. The quantitative estimate of drug-likeness (QED) is 0.720. The van der Waals surface area contributed by atoms with E-state index in [9.17, 15) is 4.79 Å². The molecule has 0 unspecified atom stereocenters. The predicted molar refractivity (Wildman–Crippen MR) is 83.9 cm³/mol. The van der Waals surface area contributed by atoms with Crippen molar-refractivity contribution in [2.45, 2.75) is 13.0 Å². The van der Waals surface area contributed by atoms with Crippen LogP contribution in [0.15, 0.2) is 41.2 Å². The highest BCUT2D eigenvalue weighted by Gasteiger charge is 2.17. The molecular weight excluding hydrogens is 288 g/mol. The van der Waals surface area contributed by atoms with E-state index in [4.69, 9.17) is 0 Å². The summed E-state index contributed by atoms with van der Waals surface area (Å²) in [4.78, 5) is 17.1. The van der Waals surface area contributed by atoms with Crippen LogP contribution >= 0.6 is 12.4 Å². The van der Waals surface area contributed by atoms with Gasteiger partial charge in [0.25, 0.3) is 5.56 Å². The third-order valence-electron chi connectivity index (χ3n) is 3.72. The Bertz CT molecular complexity index is 838. The molecule has 2 aromatic heterocycles. The SMILES string of the molecule is Cl.O=c1c2c(nc3cc(-c4ccccc4)[nH]n13)CNCC2. The van der Waals surface area contributed by atoms with Crippen molar-refractivity contribution in [3.63, 3.8) is 0 Å². The van der Waals surface area contributed by atoms with Gasteiger partial charge in [0.15, 0.2) is 5.65 Å². The van der Waals surface area contributed by atoms with Crippen LogP contribution in [0.4, 0.5) is 0 Å². The summed E-state index contributed by atoms with van der Waals surface area (Å²) in [6.45, 7) is 1.51. The number of rotatable bonds is 1. The molecule has 1 aliphatic rings. The molecule has 2 N–H and O–H groups in total. The molecule has 0 saturated heterocycles. The minimum absolute atomic E-state index is 0. The van der Waals surface area contributed by atoms with Crippen LogP contribution in [0.3, 0.4) is 0 Å². The number of hydrogen-bond acceptors (Lipinski definition) is 3. The van der Waals surface area contributed by atoms with Crippen LogP contribution < -0.4 is 10.9 Å². The summed E-state index contributed by atoms with van der Waals surface area (Å²) in [5, 5.41) is 6.40. The molecule has 4 rings (SSSR count). The van der Waals surface area contributed by atoms with E-state index in [0.717, 1.165) is 35.5 Å². The van der Waals surface area contributed by atoms with Crippen LogP contribution in [0.5, 0.6) is 0 Å². The van der Waals surface area contributed by atoms with E-state index in [1.165, 1.54) is 0 Å². The second-order valence-electron chi connectivity index (χ2n) is 5.00. The minimum Gasteiger partial charge on any atom is -0.311 e. The van der Waals surface area contributed by atoms with Crippen LogP contribution in [-0.2, 0) is 13.0 Å². The standard InChI is InChI=1S/C15H14N4O.ClH/c20-15-11-6-7-16-9-13(11)17-14-8-12(18-19(14)15)10-4-2-1-3-5-10;/h1-5,8,16,18H,6-7,9H2;1H. The number of nitrogens with one attached hydrogen (secondary N) is 2. The van der Waals surface area contributed by atoms with Gasteiger partial charge in [-0.05, 0) is 18.5 Å². The number of halogens is 1. The molecule has 1 aliphatic heterocycles. The van der Waals surface area contributed by atoms with Gasteiger partial charge in [0, 0.05) is 18.2 Å². The van der Waals surface area contributed by atoms with Crippen molar-refractivity contribution in [1.82, 2.24) is 19.9 Å². The van der Waals surface area contributed by atoms with E-state index in [1.54, 1.807) is 4.52 Å². The fraction of sp³-hybridized carbons (Fsp3) is 0.200. The first kappa shape index (κ1) is 13.9. The average molecular weight is 303 g/mol. The fourth-order valence-electron chi connectivity index (χ4n) is 2.69. The average Bonchev–Trinajstić information content (AvgIpc) is 2.93. The molecule has 0 amide bonds. The lowest BCUT2D eigenvalue weighted by atomic mass is 10.1. The van der Waals surface area contributed by atoms with Gasteiger partial charge in [-0.15, -0.1) is 12.4 Å². The molecule has 0 bridgehead atoms. The van der Waals surface area contributed by atoms with Gasteiger partial charge in [-0.25, -0.2) is 9.50 Å². The zero-order valence-electron chi connectivity index (χ0n) is 11.3. The molecule has 0 fully saturated rings. The summed E-state index contributed by atoms with van der Waals surface area (Å²) in [6, 6.07) is 11.9. The third kappa shape index (κ3) is 2.24. The summed E-state index contributed by atoms with van der Waals surface area (Å²) in [5.41, 5.74) is 4.35. The summed E-state index contributed by atoms with van der Waals surface area (Å²) in [6.07, 6.45) is 0.740. The number of hydrogen-bond donors (Lipinski definition) is 2. The first-order valence-electron chi connectivity index (χ1n) is 6.72. The van der Waals surface area contributed by atoms with Crippen molar-refractivity contribution in [2.75, 3.05) is 6.54 Å². The Morgan fingerprint density at radius 3 is 2.81 bits per heavy atom. The van der Waals surface area contributed by atoms with Crippen LogP contribution in [0.25, 0.3) is 16.9 Å². The van der Waals surface area contributed by atoms with E-state index < -0.39 is 0 Å². The van der Waals surface area contributed by atoms with E-state index in [1.807, 2.05) is 36.4 Å². The van der Waals surface area contributed by atoms with Gasteiger partial charge in [-0.1, -0.05) is 30.3 Å². The maximum Gasteiger partial charge on any atom is 0.276 e. The molecule has 6 heteroatoms. The number of fused-ring (bicyclic) bond motifs is 2. The normalized spacial score (nSPS) is 13.7. The van der Waals surface area contributed by atoms with Crippen molar-refractivity contribution in [1.29, 1.82) is 0 Å². The topological polar surface area (TPSA) is 62.2 Å². The summed E-state index contributed by atoms with van der Waals surface area (Å²) >= 11 is 0. The zero-order chi connectivity index (χ0) is 13.5. The molecular formula is C15H15ClN4O. The molecule has 5 nitrogen and oxygen atoms in total. The third-order valence-corrected chi connectivity index (χ3v) is 3.72. The van der Waals surface area contributed by atoms with E-state index in [0.29, 0.717) is 12.2 Å². The molecule has 0 aliphatic carbocycles. The number of aromatic nitrogens is 3. The second kappa shape index (κ2) is 5.35. The molecule has 0 saturated carbocycles. The number of nitrogens with zero attached hydrogens (tertiary/aromatic N) is 2. The molecule has 3 heterocycles. The molecule has 1 aromatic carbocycles. The molecule has 0 radical (unpaired) electrons. The van der Waals surface area contributed by atoms with Crippen molar-refractivity contribution < 1.29 is 0 Å². The van der Waals surface area contributed by atoms with E-state index in [-0.39, 0.29) is 18.0 Å². The highest BCUT2D eigenvalue weighted by Crippen LogP contribution is 2.18. The Balaban J connectivity index is 0.00000132. The largest absolute Gasteiger partial charge is 0.311 e. The number of benzene rings is 1. The molecule has 3 aromatic rings. The first-order chi connectivity index (χ1) is 9.83. The van der Waals surface area contributed by atoms with Crippen LogP contribution in [-0.4, -0.2) is 21.1 Å². The lowest BCUT2D eigenvalue weighted by molar-refractivity contribution is 0.616. The maximum atomic E-state index is 12.5. The Kier molecular flexibility index (Phi) is 3.53. The van der Waals surface area contributed by atoms with Crippen LogP contribution in [0.1, 0.15) is 11.3 Å². The van der Waals surface area contributed by atoms with E-state index in [2.05, 4.69) is 15.4 Å². The monoisotopic (exact) mass is 302 g/mol. The van der Waals surface area contributed by atoms with Gasteiger partial charge >= 0.3 is 0 Å². The van der Waals surface area contributed by atoms with Gasteiger partial charge in [-0.3, -0.25) is 9.89 Å². The van der Waals surface area contributed by atoms with Gasteiger partial charge in [0.1, 0.15) is 0 Å². The zero-order valence-corrected chi connectivity index (χ0v) is 12.1. The minimum atomic E-state index is 0. The van der Waals surface area contributed by atoms with Crippen LogP contribution in [0, 0.1) is 0 Å².